The number of carbonyl (C=O) groups is 1. The molecule has 30 heavy (non-hydrogen) atoms. The van der Waals surface area contributed by atoms with Crippen LogP contribution in [0.3, 0.4) is 0 Å². The molecule has 2 heterocycles. The molecule has 7 nitrogen and oxygen atoms in total. The van der Waals surface area contributed by atoms with Gasteiger partial charge in [-0.3, -0.25) is 9.69 Å². The predicted octanol–water partition coefficient (Wildman–Crippen LogP) is 3.84. The molecule has 0 saturated carbocycles. The molecule has 156 valence electrons. The van der Waals surface area contributed by atoms with Crippen LogP contribution in [0, 0.1) is 0 Å². The number of methoxy groups -OCH3 is 3. The van der Waals surface area contributed by atoms with Crippen LogP contribution in [-0.2, 0) is 11.3 Å². The molecule has 0 radical (unpaired) electrons. The minimum atomic E-state index is -0.156. The first-order valence-corrected chi connectivity index (χ1v) is 10.2. The van der Waals surface area contributed by atoms with Gasteiger partial charge in [0.25, 0.3) is 5.91 Å². The van der Waals surface area contributed by atoms with E-state index in [1.54, 1.807) is 44.4 Å². The standard InChI is InChI=1S/C21H19NO6S2/c1-24-16-7-13(8-17(25-2)19(16)26-3)9-18-20(23)22(21(29)30-18)10-12-4-5-14-15(6-12)28-11-27-14/h4-9H,10-11H2,1-3H3. The van der Waals surface area contributed by atoms with E-state index in [0.29, 0.717) is 44.5 Å². The van der Waals surface area contributed by atoms with Crippen molar-refractivity contribution in [3.63, 3.8) is 0 Å². The maximum absolute atomic E-state index is 13.0. The summed E-state index contributed by atoms with van der Waals surface area (Å²) in [6, 6.07) is 9.16. The maximum atomic E-state index is 13.0. The van der Waals surface area contributed by atoms with E-state index in [1.807, 2.05) is 18.2 Å². The lowest BCUT2D eigenvalue weighted by molar-refractivity contribution is -0.122. The van der Waals surface area contributed by atoms with E-state index < -0.39 is 0 Å². The highest BCUT2D eigenvalue weighted by Gasteiger charge is 2.32. The van der Waals surface area contributed by atoms with Gasteiger partial charge in [0.1, 0.15) is 4.32 Å². The number of ether oxygens (including phenoxy) is 5. The van der Waals surface area contributed by atoms with E-state index in [4.69, 9.17) is 35.9 Å². The van der Waals surface area contributed by atoms with Gasteiger partial charge in [-0.25, -0.2) is 0 Å². The summed E-state index contributed by atoms with van der Waals surface area (Å²) in [6.07, 6.45) is 1.77. The van der Waals surface area contributed by atoms with Crippen LogP contribution in [0.1, 0.15) is 11.1 Å². The van der Waals surface area contributed by atoms with Gasteiger partial charge in [0.05, 0.1) is 32.8 Å². The van der Waals surface area contributed by atoms with Gasteiger partial charge in [0, 0.05) is 0 Å². The van der Waals surface area contributed by atoms with Crippen molar-refractivity contribution in [3.8, 4) is 28.7 Å². The van der Waals surface area contributed by atoms with Crippen molar-refractivity contribution < 1.29 is 28.5 Å². The van der Waals surface area contributed by atoms with E-state index >= 15 is 0 Å². The molecule has 1 amide bonds. The number of rotatable bonds is 6. The van der Waals surface area contributed by atoms with Gasteiger partial charge in [-0.05, 0) is 41.5 Å². The molecule has 2 aromatic carbocycles. The number of thioether (sulfide) groups is 1. The Morgan fingerprint density at radius 2 is 1.77 bits per heavy atom. The molecule has 0 bridgehead atoms. The van der Waals surface area contributed by atoms with Gasteiger partial charge in [-0.2, -0.15) is 0 Å². The Labute approximate surface area is 183 Å². The highest BCUT2D eigenvalue weighted by atomic mass is 32.2. The van der Waals surface area contributed by atoms with Gasteiger partial charge < -0.3 is 23.7 Å². The van der Waals surface area contributed by atoms with Crippen molar-refractivity contribution in [3.05, 3.63) is 46.4 Å². The van der Waals surface area contributed by atoms with E-state index in [0.717, 1.165) is 11.1 Å². The molecule has 0 aliphatic carbocycles. The molecule has 0 N–H and O–H groups in total. The summed E-state index contributed by atoms with van der Waals surface area (Å²) in [6.45, 7) is 0.561. The lowest BCUT2D eigenvalue weighted by Gasteiger charge is -2.15. The normalized spacial score (nSPS) is 16.4. The molecule has 1 fully saturated rings. The highest BCUT2D eigenvalue weighted by molar-refractivity contribution is 8.26. The molecule has 1 saturated heterocycles. The number of fused-ring (bicyclic) bond motifs is 1. The topological polar surface area (TPSA) is 66.5 Å². The maximum Gasteiger partial charge on any atom is 0.266 e. The molecule has 0 aromatic heterocycles. The van der Waals surface area contributed by atoms with Gasteiger partial charge in [0.15, 0.2) is 23.0 Å². The van der Waals surface area contributed by atoms with Crippen molar-refractivity contribution in [2.75, 3.05) is 28.1 Å². The number of hydrogen-bond donors (Lipinski definition) is 0. The summed E-state index contributed by atoms with van der Waals surface area (Å²) in [5.41, 5.74) is 1.65. The fourth-order valence-corrected chi connectivity index (χ4v) is 4.45. The molecule has 0 spiro atoms. The molecular formula is C21H19NO6S2. The van der Waals surface area contributed by atoms with E-state index in [2.05, 4.69) is 0 Å². The van der Waals surface area contributed by atoms with Crippen molar-refractivity contribution in [1.82, 2.24) is 4.90 Å². The third kappa shape index (κ3) is 3.78. The second-order valence-electron chi connectivity index (χ2n) is 6.41. The average Bonchev–Trinajstić information content (AvgIpc) is 3.32. The Morgan fingerprint density at radius 3 is 2.43 bits per heavy atom. The predicted molar refractivity (Wildman–Crippen MR) is 117 cm³/mol. The highest BCUT2D eigenvalue weighted by Crippen LogP contribution is 2.41. The summed E-state index contributed by atoms with van der Waals surface area (Å²) in [7, 11) is 4.64. The second kappa shape index (κ2) is 8.45. The summed E-state index contributed by atoms with van der Waals surface area (Å²) >= 11 is 6.71. The quantitative estimate of drug-likeness (QED) is 0.491. The van der Waals surface area contributed by atoms with Crippen LogP contribution in [0.5, 0.6) is 28.7 Å². The first kappa shape index (κ1) is 20.4. The molecule has 9 heteroatoms. The minimum Gasteiger partial charge on any atom is -0.493 e. The Kier molecular flexibility index (Phi) is 5.74. The molecule has 2 aromatic rings. The number of thiocarbonyl (C=S) groups is 1. The first-order valence-electron chi connectivity index (χ1n) is 8.98. The van der Waals surface area contributed by atoms with Crippen LogP contribution >= 0.6 is 24.0 Å². The summed E-state index contributed by atoms with van der Waals surface area (Å²) in [5, 5.41) is 0. The number of benzene rings is 2. The van der Waals surface area contributed by atoms with Crippen LogP contribution in [0.25, 0.3) is 6.08 Å². The van der Waals surface area contributed by atoms with Crippen LogP contribution in [0.15, 0.2) is 35.2 Å². The van der Waals surface area contributed by atoms with Crippen LogP contribution < -0.4 is 23.7 Å². The van der Waals surface area contributed by atoms with Gasteiger partial charge >= 0.3 is 0 Å². The number of carbonyl (C=O) groups excluding carboxylic acids is 1. The zero-order valence-corrected chi connectivity index (χ0v) is 18.2. The van der Waals surface area contributed by atoms with Crippen molar-refractivity contribution >= 4 is 40.3 Å². The zero-order chi connectivity index (χ0) is 21.3. The van der Waals surface area contributed by atoms with Gasteiger partial charge in [-0.1, -0.05) is 30.0 Å². The van der Waals surface area contributed by atoms with Gasteiger partial charge in [-0.15, -0.1) is 0 Å². The molecule has 4 rings (SSSR count). The minimum absolute atomic E-state index is 0.156. The SMILES string of the molecule is COc1cc(C=C2SC(=S)N(Cc3ccc4c(c3)OCO4)C2=O)cc(OC)c1OC. The summed E-state index contributed by atoms with van der Waals surface area (Å²) in [4.78, 5) is 15.1. The van der Waals surface area contributed by atoms with Crippen LogP contribution in [0.4, 0.5) is 0 Å². The molecule has 2 aliphatic heterocycles. The first-order chi connectivity index (χ1) is 14.5. The number of nitrogens with zero attached hydrogens (tertiary/aromatic N) is 1. The smallest absolute Gasteiger partial charge is 0.266 e. The summed E-state index contributed by atoms with van der Waals surface area (Å²) < 4.78 is 27.4. The summed E-state index contributed by atoms with van der Waals surface area (Å²) in [5.74, 6) is 2.74. The fourth-order valence-electron chi connectivity index (χ4n) is 3.19. The number of hydrogen-bond acceptors (Lipinski definition) is 8. The Bertz CT molecular complexity index is 1030. The lowest BCUT2D eigenvalue weighted by Crippen LogP contribution is -2.27. The molecule has 0 unspecified atom stereocenters. The van der Waals surface area contributed by atoms with Gasteiger partial charge in [0.2, 0.25) is 12.5 Å². The van der Waals surface area contributed by atoms with Crippen molar-refractivity contribution in [2.45, 2.75) is 6.54 Å². The fraction of sp³-hybridized carbons (Fsp3) is 0.238. The zero-order valence-electron chi connectivity index (χ0n) is 16.6. The monoisotopic (exact) mass is 445 g/mol. The third-order valence-corrected chi connectivity index (χ3v) is 6.01. The van der Waals surface area contributed by atoms with E-state index in [-0.39, 0.29) is 12.7 Å². The Morgan fingerprint density at radius 1 is 1.07 bits per heavy atom. The van der Waals surface area contributed by atoms with E-state index in [1.165, 1.54) is 11.8 Å². The van der Waals surface area contributed by atoms with Crippen LogP contribution in [-0.4, -0.2) is 43.2 Å². The third-order valence-electron chi connectivity index (χ3n) is 4.64. The largest absolute Gasteiger partial charge is 0.493 e. The molecule has 2 aliphatic rings. The Hall–Kier alpha value is -2.91. The van der Waals surface area contributed by atoms with Crippen molar-refractivity contribution in [1.29, 1.82) is 0 Å². The average molecular weight is 446 g/mol. The second-order valence-corrected chi connectivity index (χ2v) is 8.09. The number of amides is 1. The van der Waals surface area contributed by atoms with Crippen molar-refractivity contribution in [2.24, 2.45) is 0 Å². The lowest BCUT2D eigenvalue weighted by atomic mass is 10.1. The Balaban J connectivity index is 1.59. The van der Waals surface area contributed by atoms with Crippen LogP contribution in [0.2, 0.25) is 0 Å². The molecular weight excluding hydrogens is 426 g/mol. The molecule has 0 atom stereocenters. The van der Waals surface area contributed by atoms with E-state index in [9.17, 15) is 4.79 Å².